The smallest absolute Gasteiger partial charge is 0.406 e. The second kappa shape index (κ2) is 8.03. The summed E-state index contributed by atoms with van der Waals surface area (Å²) in [7, 11) is -4.02. The molecular formula is C19H17F3N2O3S2. The predicted octanol–water partition coefficient (Wildman–Crippen LogP) is 5.63. The SMILES string of the molecule is CC(C)c1sc(NS(=O)(=O)c2ccc(OC(F)(F)F)cc2)nc1-c1ccccc1. The molecule has 0 aliphatic carbocycles. The van der Waals surface area contributed by atoms with Gasteiger partial charge in [-0.1, -0.05) is 44.2 Å². The normalized spacial score (nSPS) is 12.2. The second-order valence-corrected chi connectivity index (χ2v) is 9.09. The van der Waals surface area contributed by atoms with Crippen molar-refractivity contribution in [2.24, 2.45) is 0 Å². The molecule has 2 aromatic carbocycles. The highest BCUT2D eigenvalue weighted by atomic mass is 32.2. The first-order chi connectivity index (χ1) is 13.5. The van der Waals surface area contributed by atoms with Crippen molar-refractivity contribution in [1.29, 1.82) is 0 Å². The third-order valence-electron chi connectivity index (χ3n) is 3.81. The van der Waals surface area contributed by atoms with E-state index in [0.29, 0.717) is 5.69 Å². The summed E-state index contributed by atoms with van der Waals surface area (Å²) in [6.45, 7) is 3.97. The Morgan fingerprint density at radius 2 is 1.66 bits per heavy atom. The Morgan fingerprint density at radius 3 is 2.21 bits per heavy atom. The summed E-state index contributed by atoms with van der Waals surface area (Å²) >= 11 is 1.22. The van der Waals surface area contributed by atoms with Crippen LogP contribution in [0.1, 0.15) is 24.6 Å². The van der Waals surface area contributed by atoms with Gasteiger partial charge in [0.1, 0.15) is 5.75 Å². The lowest BCUT2D eigenvalue weighted by molar-refractivity contribution is -0.274. The van der Waals surface area contributed by atoms with Crippen LogP contribution in [0.5, 0.6) is 5.75 Å². The van der Waals surface area contributed by atoms with Gasteiger partial charge < -0.3 is 4.74 Å². The number of sulfonamides is 1. The van der Waals surface area contributed by atoms with E-state index < -0.39 is 22.1 Å². The molecule has 0 amide bonds. The highest BCUT2D eigenvalue weighted by molar-refractivity contribution is 7.93. The van der Waals surface area contributed by atoms with Crippen molar-refractivity contribution in [3.05, 3.63) is 59.5 Å². The largest absolute Gasteiger partial charge is 0.573 e. The van der Waals surface area contributed by atoms with Gasteiger partial charge in [-0.2, -0.15) is 0 Å². The molecule has 0 saturated heterocycles. The molecule has 0 bridgehead atoms. The van der Waals surface area contributed by atoms with Crippen LogP contribution in [0.25, 0.3) is 11.3 Å². The summed E-state index contributed by atoms with van der Waals surface area (Å²) in [6.07, 6.45) is -4.85. The van der Waals surface area contributed by atoms with E-state index in [2.05, 4.69) is 14.4 Å². The molecule has 0 aliphatic heterocycles. The third-order valence-corrected chi connectivity index (χ3v) is 6.57. The monoisotopic (exact) mass is 442 g/mol. The van der Waals surface area contributed by atoms with Gasteiger partial charge in [-0.3, -0.25) is 4.72 Å². The maximum absolute atomic E-state index is 12.6. The van der Waals surface area contributed by atoms with Gasteiger partial charge in [0, 0.05) is 10.4 Å². The molecule has 0 saturated carbocycles. The third kappa shape index (κ3) is 5.27. The molecular weight excluding hydrogens is 425 g/mol. The number of hydrogen-bond acceptors (Lipinski definition) is 5. The zero-order valence-corrected chi connectivity index (χ0v) is 17.0. The number of alkyl halides is 3. The molecule has 1 N–H and O–H groups in total. The van der Waals surface area contributed by atoms with Gasteiger partial charge in [0.25, 0.3) is 10.0 Å². The van der Waals surface area contributed by atoms with Crippen molar-refractivity contribution in [3.63, 3.8) is 0 Å². The van der Waals surface area contributed by atoms with Crippen LogP contribution >= 0.6 is 11.3 Å². The zero-order valence-electron chi connectivity index (χ0n) is 15.4. The topological polar surface area (TPSA) is 68.3 Å². The van der Waals surface area contributed by atoms with Crippen LogP contribution in [-0.2, 0) is 10.0 Å². The summed E-state index contributed by atoms with van der Waals surface area (Å²) in [4.78, 5) is 5.15. The molecule has 0 unspecified atom stereocenters. The Kier molecular flexibility index (Phi) is 5.85. The van der Waals surface area contributed by atoms with Crippen LogP contribution in [0.3, 0.4) is 0 Å². The van der Waals surface area contributed by atoms with E-state index >= 15 is 0 Å². The fourth-order valence-corrected chi connectivity index (χ4v) is 4.79. The Morgan fingerprint density at radius 1 is 1.03 bits per heavy atom. The molecule has 0 aliphatic rings. The fourth-order valence-electron chi connectivity index (χ4n) is 2.56. The Bertz CT molecular complexity index is 1080. The van der Waals surface area contributed by atoms with Crippen LogP contribution in [-0.4, -0.2) is 19.8 Å². The standard InChI is InChI=1S/C19H17F3N2O3S2/c1-12(2)17-16(13-6-4-3-5-7-13)23-18(28-17)24-29(25,26)15-10-8-14(9-11-15)27-19(20,21)22/h3-12H,1-2H3,(H,23,24). The quantitative estimate of drug-likeness (QED) is 0.537. The number of rotatable bonds is 6. The summed E-state index contributed by atoms with van der Waals surface area (Å²) in [5, 5.41) is 0.183. The first-order valence-electron chi connectivity index (χ1n) is 8.50. The number of anilines is 1. The van der Waals surface area contributed by atoms with E-state index in [0.717, 1.165) is 34.7 Å². The van der Waals surface area contributed by atoms with Crippen molar-refractivity contribution in [2.45, 2.75) is 31.0 Å². The van der Waals surface area contributed by atoms with E-state index in [1.54, 1.807) is 0 Å². The van der Waals surface area contributed by atoms with Gasteiger partial charge in [0.15, 0.2) is 5.13 Å². The minimum atomic E-state index is -4.85. The first-order valence-corrected chi connectivity index (χ1v) is 10.8. The van der Waals surface area contributed by atoms with Gasteiger partial charge in [-0.05, 0) is 30.2 Å². The van der Waals surface area contributed by atoms with Crippen molar-refractivity contribution in [2.75, 3.05) is 4.72 Å². The van der Waals surface area contributed by atoms with Crippen molar-refractivity contribution >= 4 is 26.5 Å². The van der Waals surface area contributed by atoms with E-state index in [4.69, 9.17) is 0 Å². The molecule has 0 spiro atoms. The lowest BCUT2D eigenvalue weighted by Crippen LogP contribution is -2.17. The Labute approximate surface area is 170 Å². The lowest BCUT2D eigenvalue weighted by Gasteiger charge is -2.09. The highest BCUT2D eigenvalue weighted by Crippen LogP contribution is 2.37. The molecule has 5 nitrogen and oxygen atoms in total. The predicted molar refractivity (Wildman–Crippen MR) is 106 cm³/mol. The molecule has 0 fully saturated rings. The lowest BCUT2D eigenvalue weighted by atomic mass is 10.1. The molecule has 1 heterocycles. The maximum Gasteiger partial charge on any atom is 0.573 e. The fraction of sp³-hybridized carbons (Fsp3) is 0.211. The molecule has 3 aromatic rings. The second-order valence-electron chi connectivity index (χ2n) is 6.38. The van der Waals surface area contributed by atoms with Crippen LogP contribution in [0.4, 0.5) is 18.3 Å². The summed E-state index contributed by atoms with van der Waals surface area (Å²) in [5.41, 5.74) is 1.56. The van der Waals surface area contributed by atoms with Crippen LogP contribution in [0, 0.1) is 0 Å². The van der Waals surface area contributed by atoms with Gasteiger partial charge in [-0.15, -0.1) is 24.5 Å². The van der Waals surface area contributed by atoms with Gasteiger partial charge in [-0.25, -0.2) is 13.4 Å². The highest BCUT2D eigenvalue weighted by Gasteiger charge is 2.31. The minimum absolute atomic E-state index is 0.125. The van der Waals surface area contributed by atoms with E-state index in [1.807, 2.05) is 44.2 Å². The van der Waals surface area contributed by atoms with E-state index in [9.17, 15) is 21.6 Å². The first kappa shape index (κ1) is 21.1. The van der Waals surface area contributed by atoms with E-state index in [-0.39, 0.29) is 15.9 Å². The number of benzene rings is 2. The Hall–Kier alpha value is -2.59. The number of thiazole rings is 1. The average molecular weight is 442 g/mol. The average Bonchev–Trinajstić information content (AvgIpc) is 3.05. The number of ether oxygens (including phenoxy) is 1. The van der Waals surface area contributed by atoms with Crippen molar-refractivity contribution in [1.82, 2.24) is 4.98 Å². The molecule has 29 heavy (non-hydrogen) atoms. The number of aromatic nitrogens is 1. The maximum atomic E-state index is 12.6. The molecule has 3 rings (SSSR count). The molecule has 10 heteroatoms. The zero-order chi connectivity index (χ0) is 21.2. The Balaban J connectivity index is 1.87. The number of nitrogens with one attached hydrogen (secondary N) is 1. The molecule has 1 aromatic heterocycles. The molecule has 154 valence electrons. The van der Waals surface area contributed by atoms with Crippen molar-refractivity contribution in [3.8, 4) is 17.0 Å². The summed E-state index contributed by atoms with van der Waals surface area (Å²) in [6, 6.07) is 13.4. The van der Waals surface area contributed by atoms with Crippen LogP contribution < -0.4 is 9.46 Å². The molecule has 0 radical (unpaired) electrons. The number of hydrogen-bond donors (Lipinski definition) is 1. The minimum Gasteiger partial charge on any atom is -0.406 e. The van der Waals surface area contributed by atoms with Crippen LogP contribution in [0.15, 0.2) is 59.5 Å². The van der Waals surface area contributed by atoms with Crippen molar-refractivity contribution < 1.29 is 26.3 Å². The summed E-state index contributed by atoms with van der Waals surface area (Å²) in [5.74, 6) is -0.376. The summed E-state index contributed by atoms with van der Waals surface area (Å²) < 4.78 is 68.1. The molecule has 0 atom stereocenters. The van der Waals surface area contributed by atoms with Gasteiger partial charge in [0.2, 0.25) is 0 Å². The van der Waals surface area contributed by atoms with E-state index in [1.165, 1.54) is 11.3 Å². The number of nitrogens with zero attached hydrogens (tertiary/aromatic N) is 1. The number of halogens is 3. The van der Waals surface area contributed by atoms with Gasteiger partial charge >= 0.3 is 6.36 Å². The van der Waals surface area contributed by atoms with Gasteiger partial charge in [0.05, 0.1) is 10.6 Å². The van der Waals surface area contributed by atoms with Crippen LogP contribution in [0.2, 0.25) is 0 Å².